The molecule has 1 aromatic carbocycles. The Bertz CT molecular complexity index is 1110. The number of halogens is 6. The zero-order valence-corrected chi connectivity index (χ0v) is 17.3. The second kappa shape index (κ2) is 8.90. The van der Waals surface area contributed by atoms with Gasteiger partial charge in [0.1, 0.15) is 28.5 Å². The number of benzene rings is 1. The van der Waals surface area contributed by atoms with E-state index in [1.807, 2.05) is 0 Å². The highest BCUT2D eigenvalue weighted by molar-refractivity contribution is 7.20. The van der Waals surface area contributed by atoms with Crippen LogP contribution in [0.2, 0.25) is 0 Å². The minimum atomic E-state index is -4.99. The fourth-order valence-corrected chi connectivity index (χ4v) is 3.85. The zero-order valence-electron chi connectivity index (χ0n) is 16.5. The molecule has 0 aliphatic carbocycles. The van der Waals surface area contributed by atoms with Crippen LogP contribution in [0.1, 0.15) is 26.4 Å². The highest BCUT2D eigenvalue weighted by Crippen LogP contribution is 2.39. The first-order valence-corrected chi connectivity index (χ1v) is 9.70. The number of hydrogen-bond acceptors (Lipinski definition) is 7. The lowest BCUT2D eigenvalue weighted by atomic mass is 10.1. The first kappa shape index (κ1) is 23.7. The number of ether oxygens (including phenoxy) is 2. The molecule has 3 rings (SSSR count). The van der Waals surface area contributed by atoms with Crippen molar-refractivity contribution in [1.29, 1.82) is 0 Å². The van der Waals surface area contributed by atoms with E-state index in [-0.39, 0.29) is 35.4 Å². The Balaban J connectivity index is 2.03. The lowest BCUT2D eigenvalue weighted by Crippen LogP contribution is -2.11. The molecule has 172 valence electrons. The van der Waals surface area contributed by atoms with Crippen molar-refractivity contribution >= 4 is 39.0 Å². The summed E-state index contributed by atoms with van der Waals surface area (Å²) < 4.78 is 88.7. The number of thiophene rings is 1. The number of aryl methyl sites for hydroxylation is 1. The lowest BCUT2D eigenvalue weighted by Gasteiger charge is -2.15. The van der Waals surface area contributed by atoms with Crippen LogP contribution in [-0.2, 0) is 21.8 Å². The molecule has 0 aliphatic heterocycles. The lowest BCUT2D eigenvalue weighted by molar-refractivity contribution is -0.143. The summed E-state index contributed by atoms with van der Waals surface area (Å²) in [5.74, 6) is -0.709. The predicted molar refractivity (Wildman–Crippen MR) is 104 cm³/mol. The third-order valence-electron chi connectivity index (χ3n) is 4.28. The number of rotatable bonds is 6. The maximum absolute atomic E-state index is 13.1. The molecule has 3 aromatic rings. The van der Waals surface area contributed by atoms with Gasteiger partial charge in [0, 0.05) is 12.8 Å². The summed E-state index contributed by atoms with van der Waals surface area (Å²) in [5, 5.41) is 2.78. The van der Waals surface area contributed by atoms with Gasteiger partial charge in [-0.3, -0.25) is 0 Å². The molecule has 0 fully saturated rings. The molecule has 0 bridgehead atoms. The van der Waals surface area contributed by atoms with Crippen molar-refractivity contribution in [1.82, 2.24) is 9.97 Å². The van der Waals surface area contributed by atoms with E-state index in [4.69, 9.17) is 9.47 Å². The van der Waals surface area contributed by atoms with Crippen LogP contribution in [0.15, 0.2) is 24.5 Å². The van der Waals surface area contributed by atoms with E-state index in [0.29, 0.717) is 22.5 Å². The topological polar surface area (TPSA) is 73.3 Å². The Hall–Kier alpha value is -2.93. The first-order valence-electron chi connectivity index (χ1n) is 8.88. The van der Waals surface area contributed by atoms with Gasteiger partial charge in [-0.25, -0.2) is 14.8 Å². The van der Waals surface area contributed by atoms with E-state index in [1.54, 1.807) is 6.92 Å². The summed E-state index contributed by atoms with van der Waals surface area (Å²) in [6.45, 7) is 1.73. The van der Waals surface area contributed by atoms with E-state index < -0.39 is 35.1 Å². The van der Waals surface area contributed by atoms with Crippen molar-refractivity contribution in [2.45, 2.75) is 19.3 Å². The van der Waals surface area contributed by atoms with E-state index in [1.165, 1.54) is 7.11 Å². The number of carbonyl (C=O) groups is 1. The molecular weight excluding hydrogens is 464 g/mol. The van der Waals surface area contributed by atoms with Gasteiger partial charge in [-0.2, -0.15) is 26.3 Å². The van der Waals surface area contributed by atoms with Crippen LogP contribution in [0, 0.1) is 6.92 Å². The summed E-state index contributed by atoms with van der Waals surface area (Å²) >= 11 is 0.963. The number of alkyl halides is 6. The highest BCUT2D eigenvalue weighted by atomic mass is 32.1. The van der Waals surface area contributed by atoms with Crippen LogP contribution < -0.4 is 5.32 Å². The van der Waals surface area contributed by atoms with Gasteiger partial charge in [0.05, 0.1) is 23.1 Å². The average molecular weight is 479 g/mol. The smallest absolute Gasteiger partial charge is 0.416 e. The van der Waals surface area contributed by atoms with E-state index in [2.05, 4.69) is 15.3 Å². The van der Waals surface area contributed by atoms with Crippen molar-refractivity contribution in [3.8, 4) is 0 Å². The van der Waals surface area contributed by atoms with Crippen LogP contribution in [-0.4, -0.2) is 36.3 Å². The largest absolute Gasteiger partial charge is 0.459 e. The minimum Gasteiger partial charge on any atom is -0.459 e. The minimum absolute atomic E-state index is 0.00422. The second-order valence-electron chi connectivity index (χ2n) is 6.51. The summed E-state index contributed by atoms with van der Waals surface area (Å²) in [7, 11) is 1.43. The van der Waals surface area contributed by atoms with E-state index in [0.717, 1.165) is 17.7 Å². The molecule has 0 aliphatic rings. The molecule has 0 amide bonds. The Labute approximate surface area is 181 Å². The molecule has 2 heterocycles. The van der Waals surface area contributed by atoms with Crippen molar-refractivity contribution in [2.75, 3.05) is 25.6 Å². The van der Waals surface area contributed by atoms with Gasteiger partial charge < -0.3 is 14.8 Å². The van der Waals surface area contributed by atoms with Crippen molar-refractivity contribution < 1.29 is 40.6 Å². The summed E-state index contributed by atoms with van der Waals surface area (Å²) in [6, 6.07) is 1.13. The summed E-state index contributed by atoms with van der Waals surface area (Å²) in [5.41, 5.74) is -3.03. The molecule has 0 spiro atoms. The summed E-state index contributed by atoms with van der Waals surface area (Å²) in [6.07, 6.45) is -8.90. The SMILES string of the molecule is COCCOC(=O)c1sc2ncnc(Nc3cc(C(F)(F)F)cc(C(F)(F)F)c3)c2c1C. The molecule has 13 heteroatoms. The van der Waals surface area contributed by atoms with Crippen molar-refractivity contribution in [3.05, 3.63) is 46.1 Å². The molecule has 0 atom stereocenters. The first-order chi connectivity index (χ1) is 14.9. The Kier molecular flexibility index (Phi) is 6.60. The third kappa shape index (κ3) is 5.10. The van der Waals surface area contributed by atoms with E-state index in [9.17, 15) is 31.1 Å². The fourth-order valence-electron chi connectivity index (χ4n) is 2.81. The molecule has 32 heavy (non-hydrogen) atoms. The van der Waals surface area contributed by atoms with Gasteiger partial charge in [0.25, 0.3) is 0 Å². The number of nitrogens with one attached hydrogen (secondary N) is 1. The van der Waals surface area contributed by atoms with Crippen LogP contribution >= 0.6 is 11.3 Å². The molecule has 0 unspecified atom stereocenters. The molecular formula is C19H15F6N3O3S. The number of hydrogen-bond donors (Lipinski definition) is 1. The Morgan fingerprint density at radius 2 is 1.66 bits per heavy atom. The second-order valence-corrected chi connectivity index (χ2v) is 7.51. The van der Waals surface area contributed by atoms with Gasteiger partial charge >= 0.3 is 18.3 Å². The zero-order chi connectivity index (χ0) is 23.7. The van der Waals surface area contributed by atoms with E-state index >= 15 is 0 Å². The standard InChI is InChI=1S/C19H15F6N3O3S/c1-9-13-15(26-8-27-16(13)32-14(9)17(29)31-4-3-30-2)28-12-6-10(18(20,21)22)5-11(7-12)19(23,24)25/h5-8H,3-4H2,1-2H3,(H,26,27,28). The number of esters is 1. The number of aromatic nitrogens is 2. The molecule has 0 saturated heterocycles. The van der Waals surface area contributed by atoms with Crippen LogP contribution in [0.25, 0.3) is 10.2 Å². The van der Waals surface area contributed by atoms with Crippen molar-refractivity contribution in [2.24, 2.45) is 0 Å². The quantitative estimate of drug-likeness (QED) is 0.283. The summed E-state index contributed by atoms with van der Waals surface area (Å²) in [4.78, 5) is 20.8. The Morgan fingerprint density at radius 1 is 1.03 bits per heavy atom. The molecule has 1 N–H and O–H groups in total. The normalized spacial score (nSPS) is 12.2. The van der Waals surface area contributed by atoms with Crippen LogP contribution in [0.5, 0.6) is 0 Å². The maximum Gasteiger partial charge on any atom is 0.416 e. The number of nitrogens with zero attached hydrogens (tertiary/aromatic N) is 2. The number of anilines is 2. The molecule has 6 nitrogen and oxygen atoms in total. The number of fused-ring (bicyclic) bond motifs is 1. The fraction of sp³-hybridized carbons (Fsp3) is 0.316. The molecule has 0 saturated carbocycles. The van der Waals surface area contributed by atoms with Gasteiger partial charge in [0.2, 0.25) is 0 Å². The molecule has 2 aromatic heterocycles. The van der Waals surface area contributed by atoms with Gasteiger partial charge in [-0.05, 0) is 30.7 Å². The van der Waals surface area contributed by atoms with Gasteiger partial charge in [-0.1, -0.05) is 0 Å². The Morgan fingerprint density at radius 3 is 2.22 bits per heavy atom. The third-order valence-corrected chi connectivity index (χ3v) is 5.46. The monoisotopic (exact) mass is 479 g/mol. The number of carbonyl (C=O) groups excluding carboxylic acids is 1. The van der Waals surface area contributed by atoms with Crippen LogP contribution in [0.4, 0.5) is 37.8 Å². The van der Waals surface area contributed by atoms with Crippen molar-refractivity contribution in [3.63, 3.8) is 0 Å². The maximum atomic E-state index is 13.1. The molecule has 0 radical (unpaired) electrons. The van der Waals surface area contributed by atoms with Gasteiger partial charge in [0.15, 0.2) is 0 Å². The average Bonchev–Trinajstić information content (AvgIpc) is 3.04. The predicted octanol–water partition coefficient (Wildman–Crippen LogP) is 5.58. The van der Waals surface area contributed by atoms with Crippen LogP contribution in [0.3, 0.4) is 0 Å². The highest BCUT2D eigenvalue weighted by Gasteiger charge is 2.37. The number of methoxy groups -OCH3 is 1. The van der Waals surface area contributed by atoms with Gasteiger partial charge in [-0.15, -0.1) is 11.3 Å².